The lowest BCUT2D eigenvalue weighted by Crippen LogP contribution is -2.37. The quantitative estimate of drug-likeness (QED) is 0.700. The fourth-order valence-electron chi connectivity index (χ4n) is 2.61. The number of benzene rings is 1. The number of amides is 1. The number of hydrogen-bond donors (Lipinski definition) is 0. The Labute approximate surface area is 142 Å². The minimum Gasteiger partial charge on any atom is -0.490 e. The van der Waals surface area contributed by atoms with Crippen LogP contribution in [0, 0.1) is 6.92 Å². The van der Waals surface area contributed by atoms with Crippen molar-refractivity contribution in [3.8, 4) is 16.3 Å². The molecule has 1 aliphatic rings. The summed E-state index contributed by atoms with van der Waals surface area (Å²) in [7, 11) is 0. The number of nitrogens with zero attached hydrogens (tertiary/aromatic N) is 2. The van der Waals surface area contributed by atoms with Gasteiger partial charge >= 0.3 is 0 Å². The number of para-hydroxylation sites is 2. The van der Waals surface area contributed by atoms with E-state index in [1.54, 1.807) is 16.2 Å². The molecule has 0 spiro atoms. The van der Waals surface area contributed by atoms with Gasteiger partial charge in [-0.15, -0.1) is 11.3 Å². The third-order valence-corrected chi connectivity index (χ3v) is 5.61. The molecule has 0 radical (unpaired) electrons. The van der Waals surface area contributed by atoms with Crippen LogP contribution >= 0.6 is 22.7 Å². The number of carbonyl (C=O) groups is 1. The lowest BCUT2D eigenvalue weighted by molar-refractivity contribution is 0.0979. The minimum atomic E-state index is -0.00257. The number of aromatic nitrogens is 1. The van der Waals surface area contributed by atoms with Gasteiger partial charge in [-0.25, -0.2) is 4.98 Å². The van der Waals surface area contributed by atoms with Crippen molar-refractivity contribution in [2.45, 2.75) is 6.92 Å². The molecule has 23 heavy (non-hydrogen) atoms. The molecule has 116 valence electrons. The SMILES string of the molecule is Cc1nc(-c2ccsc2)sc1C(=O)N1CCOc2ccccc21. The molecule has 1 amide bonds. The lowest BCUT2D eigenvalue weighted by Gasteiger charge is -2.29. The van der Waals surface area contributed by atoms with Gasteiger partial charge in [0.05, 0.1) is 17.9 Å². The molecule has 3 aromatic rings. The van der Waals surface area contributed by atoms with E-state index in [0.717, 1.165) is 27.7 Å². The normalized spacial score (nSPS) is 13.5. The topological polar surface area (TPSA) is 42.4 Å². The van der Waals surface area contributed by atoms with Crippen molar-refractivity contribution in [1.82, 2.24) is 4.98 Å². The highest BCUT2D eigenvalue weighted by atomic mass is 32.1. The van der Waals surface area contributed by atoms with E-state index in [9.17, 15) is 4.79 Å². The molecule has 0 saturated carbocycles. The molecule has 0 aliphatic carbocycles. The summed E-state index contributed by atoms with van der Waals surface area (Å²) in [4.78, 5) is 20.1. The first-order valence-electron chi connectivity index (χ1n) is 7.28. The number of aryl methyl sites for hydroxylation is 1. The average molecular weight is 342 g/mol. The van der Waals surface area contributed by atoms with Gasteiger partial charge in [0.25, 0.3) is 5.91 Å². The zero-order valence-electron chi connectivity index (χ0n) is 12.5. The molecule has 0 fully saturated rings. The van der Waals surface area contributed by atoms with Crippen molar-refractivity contribution in [3.05, 3.63) is 51.7 Å². The van der Waals surface area contributed by atoms with Crippen molar-refractivity contribution in [1.29, 1.82) is 0 Å². The third kappa shape index (κ3) is 2.54. The van der Waals surface area contributed by atoms with Crippen molar-refractivity contribution in [3.63, 3.8) is 0 Å². The Balaban J connectivity index is 1.71. The molecule has 6 heteroatoms. The number of fused-ring (bicyclic) bond motifs is 1. The Hall–Kier alpha value is -2.18. The fourth-order valence-corrected chi connectivity index (χ4v) is 4.33. The maximum atomic E-state index is 13.0. The van der Waals surface area contributed by atoms with Crippen molar-refractivity contribution in [2.75, 3.05) is 18.1 Å². The van der Waals surface area contributed by atoms with Gasteiger partial charge in [0, 0.05) is 10.9 Å². The Morgan fingerprint density at radius 1 is 1.30 bits per heavy atom. The molecule has 0 saturated heterocycles. The zero-order chi connectivity index (χ0) is 15.8. The highest BCUT2D eigenvalue weighted by Gasteiger charge is 2.27. The van der Waals surface area contributed by atoms with Gasteiger partial charge in [0.15, 0.2) is 0 Å². The van der Waals surface area contributed by atoms with Crippen LogP contribution in [0.1, 0.15) is 15.4 Å². The van der Waals surface area contributed by atoms with E-state index in [1.807, 2.05) is 42.6 Å². The van der Waals surface area contributed by atoms with Crippen LogP contribution < -0.4 is 9.64 Å². The Morgan fingerprint density at radius 2 is 2.17 bits per heavy atom. The maximum Gasteiger partial charge on any atom is 0.270 e. The summed E-state index contributed by atoms with van der Waals surface area (Å²) < 4.78 is 5.63. The molecule has 0 atom stereocenters. The number of rotatable bonds is 2. The number of thiazole rings is 1. The number of anilines is 1. The Kier molecular flexibility index (Phi) is 3.63. The second-order valence-electron chi connectivity index (χ2n) is 5.22. The van der Waals surface area contributed by atoms with Crippen molar-refractivity contribution >= 4 is 34.3 Å². The molecule has 4 rings (SSSR count). The molecule has 0 unspecified atom stereocenters. The van der Waals surface area contributed by atoms with Gasteiger partial charge < -0.3 is 9.64 Å². The first-order chi connectivity index (χ1) is 11.2. The fraction of sp³-hybridized carbons (Fsp3) is 0.176. The van der Waals surface area contributed by atoms with E-state index in [-0.39, 0.29) is 5.91 Å². The van der Waals surface area contributed by atoms with E-state index in [0.29, 0.717) is 18.0 Å². The summed E-state index contributed by atoms with van der Waals surface area (Å²) in [6.45, 7) is 2.96. The van der Waals surface area contributed by atoms with Gasteiger partial charge in [-0.3, -0.25) is 4.79 Å². The maximum absolute atomic E-state index is 13.0. The van der Waals surface area contributed by atoms with Crippen molar-refractivity contribution < 1.29 is 9.53 Å². The van der Waals surface area contributed by atoms with E-state index in [2.05, 4.69) is 10.4 Å². The summed E-state index contributed by atoms with van der Waals surface area (Å²) in [5.74, 6) is 0.754. The highest BCUT2D eigenvalue weighted by molar-refractivity contribution is 7.17. The Bertz CT molecular complexity index is 855. The molecule has 3 heterocycles. The molecule has 0 N–H and O–H groups in total. The first kappa shape index (κ1) is 14.4. The van der Waals surface area contributed by atoms with Crippen LogP contribution in [0.25, 0.3) is 10.6 Å². The van der Waals surface area contributed by atoms with Gasteiger partial charge in [-0.05, 0) is 30.5 Å². The zero-order valence-corrected chi connectivity index (χ0v) is 14.1. The third-order valence-electron chi connectivity index (χ3n) is 3.73. The van der Waals surface area contributed by atoms with Crippen molar-refractivity contribution in [2.24, 2.45) is 0 Å². The van der Waals surface area contributed by atoms with Gasteiger partial charge in [-0.2, -0.15) is 11.3 Å². The number of carbonyl (C=O) groups excluding carboxylic acids is 1. The van der Waals surface area contributed by atoms with Crippen LogP contribution in [-0.2, 0) is 0 Å². The van der Waals surface area contributed by atoms with E-state index >= 15 is 0 Å². The predicted molar refractivity (Wildman–Crippen MR) is 93.8 cm³/mol. The molecular weight excluding hydrogens is 328 g/mol. The summed E-state index contributed by atoms with van der Waals surface area (Å²) >= 11 is 3.09. The molecular formula is C17H14N2O2S2. The van der Waals surface area contributed by atoms with Gasteiger partial charge in [-0.1, -0.05) is 12.1 Å². The smallest absolute Gasteiger partial charge is 0.270 e. The molecule has 4 nitrogen and oxygen atoms in total. The van der Waals surface area contributed by atoms with Gasteiger partial charge in [0.2, 0.25) is 0 Å². The van der Waals surface area contributed by atoms with E-state index < -0.39 is 0 Å². The minimum absolute atomic E-state index is 0.00257. The molecule has 2 aromatic heterocycles. The summed E-state index contributed by atoms with van der Waals surface area (Å²) in [5.41, 5.74) is 2.68. The summed E-state index contributed by atoms with van der Waals surface area (Å²) in [6.07, 6.45) is 0. The Morgan fingerprint density at radius 3 is 3.00 bits per heavy atom. The van der Waals surface area contributed by atoms with Crippen LogP contribution in [0.5, 0.6) is 5.75 Å². The molecule has 0 bridgehead atoms. The van der Waals surface area contributed by atoms with Crippen LogP contribution in [0.2, 0.25) is 0 Å². The monoisotopic (exact) mass is 342 g/mol. The van der Waals surface area contributed by atoms with Crippen LogP contribution in [0.15, 0.2) is 41.1 Å². The summed E-state index contributed by atoms with van der Waals surface area (Å²) in [5, 5.41) is 4.97. The van der Waals surface area contributed by atoms with E-state index in [1.165, 1.54) is 11.3 Å². The molecule has 1 aliphatic heterocycles. The van der Waals surface area contributed by atoms with E-state index in [4.69, 9.17) is 4.74 Å². The second kappa shape index (κ2) is 5.79. The second-order valence-corrected chi connectivity index (χ2v) is 7.00. The van der Waals surface area contributed by atoms with Gasteiger partial charge in [0.1, 0.15) is 22.2 Å². The standard InChI is InChI=1S/C17H14N2O2S2/c1-11-15(23-16(18-11)12-6-9-22-10-12)17(20)19-7-8-21-14-5-3-2-4-13(14)19/h2-6,9-10H,7-8H2,1H3. The lowest BCUT2D eigenvalue weighted by atomic mass is 10.2. The average Bonchev–Trinajstić information content (AvgIpc) is 3.23. The van der Waals surface area contributed by atoms with Crippen LogP contribution in [-0.4, -0.2) is 24.0 Å². The number of thiophene rings is 1. The highest BCUT2D eigenvalue weighted by Crippen LogP contribution is 2.35. The largest absolute Gasteiger partial charge is 0.490 e. The predicted octanol–water partition coefficient (Wildman–Crippen LogP) is 4.22. The summed E-state index contributed by atoms with van der Waals surface area (Å²) in [6, 6.07) is 9.68. The number of ether oxygens (including phenoxy) is 1. The number of hydrogen-bond acceptors (Lipinski definition) is 5. The molecule has 1 aromatic carbocycles. The van der Waals surface area contributed by atoms with Crippen LogP contribution in [0.4, 0.5) is 5.69 Å². The first-order valence-corrected chi connectivity index (χ1v) is 9.03. The van der Waals surface area contributed by atoms with Crippen LogP contribution in [0.3, 0.4) is 0 Å².